The van der Waals surface area contributed by atoms with Crippen molar-refractivity contribution in [2.45, 2.75) is 25.7 Å². The maximum atomic E-state index is 8.02. The van der Waals surface area contributed by atoms with E-state index >= 15 is 0 Å². The van der Waals surface area contributed by atoms with Gasteiger partial charge in [-0.2, -0.15) is 0 Å². The van der Waals surface area contributed by atoms with Gasteiger partial charge in [0.2, 0.25) is 0 Å². The van der Waals surface area contributed by atoms with Crippen molar-refractivity contribution in [1.82, 2.24) is 0 Å². The fourth-order valence-corrected chi connectivity index (χ4v) is 2.60. The largest absolute Gasteiger partial charge is 0.496 e. The lowest BCUT2D eigenvalue weighted by molar-refractivity contribution is 0.305. The lowest BCUT2D eigenvalue weighted by Gasteiger charge is -2.19. The summed E-state index contributed by atoms with van der Waals surface area (Å²) in [6.45, 7) is 2.39. The highest BCUT2D eigenvalue weighted by Crippen LogP contribution is 2.31. The second-order valence-electron chi connectivity index (χ2n) is 4.08. The van der Waals surface area contributed by atoms with Gasteiger partial charge in [0.1, 0.15) is 5.75 Å². The molecule has 3 nitrogen and oxygen atoms in total. The van der Waals surface area contributed by atoms with Crippen LogP contribution in [0.15, 0.2) is 22.7 Å². The molecule has 0 radical (unpaired) electrons. The Bertz CT molecular complexity index is 430. The molecule has 0 heterocycles. The van der Waals surface area contributed by atoms with Gasteiger partial charge in [0.15, 0.2) is 5.90 Å². The summed E-state index contributed by atoms with van der Waals surface area (Å²) in [6, 6.07) is 5.84. The van der Waals surface area contributed by atoms with Crippen LogP contribution < -0.4 is 4.74 Å². The summed E-state index contributed by atoms with van der Waals surface area (Å²) in [7, 11) is 1.63. The molecule has 0 saturated heterocycles. The minimum absolute atomic E-state index is 0. The molecule has 1 aromatic carbocycles. The van der Waals surface area contributed by atoms with Crippen molar-refractivity contribution >= 4 is 45.8 Å². The Morgan fingerprint density at radius 1 is 1.45 bits per heavy atom. The Morgan fingerprint density at radius 2 is 2.15 bits per heavy atom. The van der Waals surface area contributed by atoms with Gasteiger partial charge in [-0.25, -0.2) is 0 Å². The molecule has 1 rings (SSSR count). The van der Waals surface area contributed by atoms with Gasteiger partial charge < -0.3 is 9.47 Å². The molecule has 0 aliphatic rings. The first-order valence-corrected chi connectivity index (χ1v) is 7.57. The van der Waals surface area contributed by atoms with Crippen LogP contribution >= 0.6 is 39.9 Å². The number of hydrogen-bond acceptors (Lipinski definition) is 3. The van der Waals surface area contributed by atoms with Crippen LogP contribution in [0, 0.1) is 5.41 Å². The maximum absolute atomic E-state index is 8.02. The number of benzene rings is 1. The summed E-state index contributed by atoms with van der Waals surface area (Å²) in [5.74, 6) is 1.61. The highest BCUT2D eigenvalue weighted by molar-refractivity contribution is 9.10. The van der Waals surface area contributed by atoms with Crippen LogP contribution in [0.1, 0.15) is 31.2 Å². The van der Waals surface area contributed by atoms with Crippen LogP contribution in [0.25, 0.3) is 0 Å². The molecule has 1 N–H and O–H groups in total. The van der Waals surface area contributed by atoms with Gasteiger partial charge in [0.25, 0.3) is 0 Å². The normalized spacial score (nSPS) is 11.4. The first-order chi connectivity index (χ1) is 9.13. The molecule has 0 amide bonds. The highest BCUT2D eigenvalue weighted by atomic mass is 79.9. The van der Waals surface area contributed by atoms with Crippen LogP contribution in [0.2, 0.25) is 0 Å². The Balaban J connectivity index is 0.00000361. The van der Waals surface area contributed by atoms with E-state index in [0.29, 0.717) is 18.4 Å². The third kappa shape index (κ3) is 5.51. The van der Waals surface area contributed by atoms with E-state index in [1.807, 2.05) is 25.1 Å². The molecule has 0 spiro atoms. The molecule has 0 fully saturated rings. The zero-order valence-corrected chi connectivity index (χ0v) is 14.8. The summed E-state index contributed by atoms with van der Waals surface area (Å²) in [4.78, 5) is 0. The zero-order valence-electron chi connectivity index (χ0n) is 11.6. The van der Waals surface area contributed by atoms with Crippen LogP contribution in [0.3, 0.4) is 0 Å². The predicted octanol–water partition coefficient (Wildman–Crippen LogP) is 5.00. The van der Waals surface area contributed by atoms with Crippen molar-refractivity contribution in [3.05, 3.63) is 28.2 Å². The monoisotopic (exact) mass is 383 g/mol. The van der Waals surface area contributed by atoms with Gasteiger partial charge >= 0.3 is 0 Å². The van der Waals surface area contributed by atoms with Gasteiger partial charge in [-0.3, -0.25) is 5.41 Å². The quantitative estimate of drug-likeness (QED) is 0.408. The van der Waals surface area contributed by atoms with E-state index in [9.17, 15) is 0 Å². The number of ether oxygens (including phenoxy) is 2. The molecule has 20 heavy (non-hydrogen) atoms. The molecule has 0 bridgehead atoms. The maximum Gasteiger partial charge on any atom is 0.188 e. The van der Waals surface area contributed by atoms with E-state index < -0.39 is 0 Å². The average Bonchev–Trinajstić information content (AvgIpc) is 2.39. The zero-order chi connectivity index (χ0) is 14.3. The molecule has 6 heteroatoms. The molecule has 1 aromatic rings. The number of hydrogen-bond donors (Lipinski definition) is 1. The topological polar surface area (TPSA) is 42.3 Å². The van der Waals surface area contributed by atoms with E-state index in [0.717, 1.165) is 28.6 Å². The molecule has 1 atom stereocenters. The Labute approximate surface area is 140 Å². The van der Waals surface area contributed by atoms with E-state index in [-0.39, 0.29) is 18.3 Å². The van der Waals surface area contributed by atoms with Crippen LogP contribution in [0.4, 0.5) is 0 Å². The second kappa shape index (κ2) is 10.3. The summed E-state index contributed by atoms with van der Waals surface area (Å²) >= 11 is 9.22. The number of rotatable bonds is 7. The molecule has 1 unspecified atom stereocenters. The summed E-state index contributed by atoms with van der Waals surface area (Å²) in [5.41, 5.74) is 1.04. The Kier molecular flexibility index (Phi) is 10.1. The highest BCUT2D eigenvalue weighted by Gasteiger charge is 2.19. The second-order valence-corrected chi connectivity index (χ2v) is 5.31. The third-order valence-corrected chi connectivity index (χ3v) is 3.71. The van der Waals surface area contributed by atoms with E-state index in [1.165, 1.54) is 0 Å². The van der Waals surface area contributed by atoms with Crippen molar-refractivity contribution in [1.29, 1.82) is 5.41 Å². The van der Waals surface area contributed by atoms with Gasteiger partial charge in [-0.1, -0.05) is 6.07 Å². The lowest BCUT2D eigenvalue weighted by Crippen LogP contribution is -2.15. The smallest absolute Gasteiger partial charge is 0.188 e. The number of halogens is 3. The number of alkyl halides is 1. The Hall–Kier alpha value is -0.450. The van der Waals surface area contributed by atoms with Crippen LogP contribution in [0.5, 0.6) is 5.75 Å². The van der Waals surface area contributed by atoms with Crippen LogP contribution in [-0.2, 0) is 4.74 Å². The minimum Gasteiger partial charge on any atom is -0.496 e. The number of methoxy groups -OCH3 is 1. The third-order valence-electron chi connectivity index (χ3n) is 2.82. The van der Waals surface area contributed by atoms with Crippen molar-refractivity contribution in [2.75, 3.05) is 19.6 Å². The average molecular weight is 385 g/mol. The van der Waals surface area contributed by atoms with Crippen molar-refractivity contribution < 1.29 is 9.47 Å². The SMILES string of the molecule is CCOC(=N)C(CCCCl)c1ccc(OC)c(Br)c1.Cl. The summed E-state index contributed by atoms with van der Waals surface area (Å²) in [5, 5.41) is 8.02. The van der Waals surface area contributed by atoms with Crippen molar-refractivity contribution in [3.8, 4) is 5.75 Å². The molecule has 0 aliphatic heterocycles. The van der Waals surface area contributed by atoms with Crippen LogP contribution in [-0.4, -0.2) is 25.5 Å². The fourth-order valence-electron chi connectivity index (χ4n) is 1.89. The standard InChI is InChI=1S/C14H19BrClNO2.ClH/c1-3-19-14(17)11(5-4-8-16)10-6-7-13(18-2)12(15)9-10;/h6-7,9,11,17H,3-5,8H2,1-2H3;1H. The van der Waals surface area contributed by atoms with Crippen molar-refractivity contribution in [3.63, 3.8) is 0 Å². The fraction of sp³-hybridized carbons (Fsp3) is 0.500. The molecular formula is C14H20BrCl2NO2. The van der Waals surface area contributed by atoms with Gasteiger partial charge in [0, 0.05) is 5.88 Å². The predicted molar refractivity (Wildman–Crippen MR) is 90.0 cm³/mol. The minimum atomic E-state index is -0.0547. The van der Waals surface area contributed by atoms with Gasteiger partial charge in [0.05, 0.1) is 24.1 Å². The first-order valence-electron chi connectivity index (χ1n) is 6.24. The molecule has 0 saturated carbocycles. The first kappa shape index (κ1) is 19.6. The van der Waals surface area contributed by atoms with E-state index in [2.05, 4.69) is 15.9 Å². The summed E-state index contributed by atoms with van der Waals surface area (Å²) < 4.78 is 11.4. The molecular weight excluding hydrogens is 365 g/mol. The van der Waals surface area contributed by atoms with Gasteiger partial charge in [-0.15, -0.1) is 24.0 Å². The van der Waals surface area contributed by atoms with Crippen molar-refractivity contribution in [2.24, 2.45) is 0 Å². The van der Waals surface area contributed by atoms with E-state index in [4.69, 9.17) is 26.5 Å². The summed E-state index contributed by atoms with van der Waals surface area (Å²) in [6.07, 6.45) is 1.66. The van der Waals surface area contributed by atoms with Gasteiger partial charge in [-0.05, 0) is 53.4 Å². The molecule has 0 aliphatic carbocycles. The number of nitrogens with one attached hydrogen (secondary N) is 1. The van der Waals surface area contributed by atoms with E-state index in [1.54, 1.807) is 7.11 Å². The molecule has 114 valence electrons. The lowest BCUT2D eigenvalue weighted by atomic mass is 9.94. The Morgan fingerprint density at radius 3 is 2.65 bits per heavy atom. The molecule has 0 aromatic heterocycles.